The van der Waals surface area contributed by atoms with E-state index in [1.165, 1.54) is 18.4 Å². The third-order valence-electron chi connectivity index (χ3n) is 6.80. The van der Waals surface area contributed by atoms with Gasteiger partial charge in [0.15, 0.2) is 11.5 Å². The Morgan fingerprint density at radius 2 is 2.00 bits per heavy atom. The molecule has 1 aliphatic carbocycles. The predicted octanol–water partition coefficient (Wildman–Crippen LogP) is 3.83. The summed E-state index contributed by atoms with van der Waals surface area (Å²) in [6, 6.07) is 14.9. The maximum atomic E-state index is 6.13. The molecular formula is C25H28N6O. The molecule has 1 saturated heterocycles. The van der Waals surface area contributed by atoms with Gasteiger partial charge in [0.25, 0.3) is 0 Å². The molecule has 7 nitrogen and oxygen atoms in total. The maximum absolute atomic E-state index is 6.13. The first-order chi connectivity index (χ1) is 15.7. The first kappa shape index (κ1) is 19.6. The van der Waals surface area contributed by atoms with E-state index in [1.807, 2.05) is 28.7 Å². The summed E-state index contributed by atoms with van der Waals surface area (Å²) in [7, 11) is 0. The van der Waals surface area contributed by atoms with Crippen molar-refractivity contribution in [3.05, 3.63) is 54.2 Å². The largest absolute Gasteiger partial charge is 0.491 e. The molecule has 1 saturated carbocycles. The summed E-state index contributed by atoms with van der Waals surface area (Å²) in [4.78, 5) is 7.39. The number of nitrogens with two attached hydrogens (primary N) is 1. The van der Waals surface area contributed by atoms with Gasteiger partial charge in [-0.25, -0.2) is 4.98 Å². The highest BCUT2D eigenvalue weighted by molar-refractivity contribution is 5.86. The molecule has 2 atom stereocenters. The van der Waals surface area contributed by atoms with Gasteiger partial charge in [0.2, 0.25) is 0 Å². The van der Waals surface area contributed by atoms with Crippen LogP contribution in [0.4, 0.5) is 0 Å². The highest BCUT2D eigenvalue weighted by Gasteiger charge is 2.25. The molecule has 2 N–H and O–H groups in total. The van der Waals surface area contributed by atoms with Crippen LogP contribution in [0.15, 0.2) is 48.7 Å². The zero-order chi connectivity index (χ0) is 21.7. The number of ether oxygens (including phenoxy) is 1. The fourth-order valence-electron chi connectivity index (χ4n) is 4.56. The van der Waals surface area contributed by atoms with Crippen LogP contribution in [0.25, 0.3) is 28.1 Å². The quantitative estimate of drug-likeness (QED) is 0.503. The monoisotopic (exact) mass is 428 g/mol. The molecule has 2 aliphatic rings. The van der Waals surface area contributed by atoms with Crippen LogP contribution in [0.3, 0.4) is 0 Å². The van der Waals surface area contributed by atoms with E-state index in [-0.39, 0.29) is 12.1 Å². The average molecular weight is 429 g/mol. The zero-order valence-corrected chi connectivity index (χ0v) is 18.3. The minimum atomic E-state index is 0.268. The molecule has 4 aromatic rings. The van der Waals surface area contributed by atoms with Crippen molar-refractivity contribution in [1.82, 2.24) is 24.5 Å². The fraction of sp³-hybridized carbons (Fsp3) is 0.400. The van der Waals surface area contributed by atoms with Gasteiger partial charge < -0.3 is 10.5 Å². The zero-order valence-electron chi connectivity index (χ0n) is 18.3. The lowest BCUT2D eigenvalue weighted by atomic mass is 10.1. The topological polar surface area (TPSA) is 81.6 Å². The van der Waals surface area contributed by atoms with Gasteiger partial charge in [0.05, 0.1) is 6.61 Å². The van der Waals surface area contributed by atoms with Crippen molar-refractivity contribution >= 4 is 16.6 Å². The summed E-state index contributed by atoms with van der Waals surface area (Å²) in [5.41, 5.74) is 9.83. The Hall–Kier alpha value is -3.03. The highest BCUT2D eigenvalue weighted by atomic mass is 16.5. The second-order valence-corrected chi connectivity index (χ2v) is 9.21. The van der Waals surface area contributed by atoms with Gasteiger partial charge in [-0.3, -0.25) is 9.30 Å². The Morgan fingerprint density at radius 3 is 2.81 bits per heavy atom. The molecule has 164 valence electrons. The summed E-state index contributed by atoms with van der Waals surface area (Å²) < 4.78 is 8.14. The number of nitrogens with zero attached hydrogens (tertiary/aromatic N) is 5. The summed E-state index contributed by atoms with van der Waals surface area (Å²) >= 11 is 0. The van der Waals surface area contributed by atoms with Crippen LogP contribution < -0.4 is 10.5 Å². The van der Waals surface area contributed by atoms with E-state index in [0.717, 1.165) is 59.9 Å². The van der Waals surface area contributed by atoms with Crippen LogP contribution in [0.5, 0.6) is 5.75 Å². The van der Waals surface area contributed by atoms with Crippen molar-refractivity contribution in [2.45, 2.75) is 38.3 Å². The molecule has 7 heteroatoms. The summed E-state index contributed by atoms with van der Waals surface area (Å²) in [6.45, 7) is 4.97. The average Bonchev–Trinajstić information content (AvgIpc) is 3.39. The summed E-state index contributed by atoms with van der Waals surface area (Å²) in [5.74, 6) is 2.27. The predicted molar refractivity (Wildman–Crippen MR) is 125 cm³/mol. The lowest BCUT2D eigenvalue weighted by Crippen LogP contribution is -2.28. The number of fused-ring (bicyclic) bond motifs is 2. The molecule has 0 bridgehead atoms. The smallest absolute Gasteiger partial charge is 0.187 e. The second kappa shape index (κ2) is 7.83. The second-order valence-electron chi connectivity index (χ2n) is 9.21. The third-order valence-corrected chi connectivity index (χ3v) is 6.80. The van der Waals surface area contributed by atoms with Gasteiger partial charge in [-0.15, -0.1) is 10.2 Å². The van der Waals surface area contributed by atoms with E-state index in [2.05, 4.69) is 46.4 Å². The van der Waals surface area contributed by atoms with E-state index in [4.69, 9.17) is 15.5 Å². The van der Waals surface area contributed by atoms with Crippen molar-refractivity contribution in [2.75, 3.05) is 19.7 Å². The molecule has 2 fully saturated rings. The molecule has 0 spiro atoms. The van der Waals surface area contributed by atoms with E-state index < -0.39 is 0 Å². The van der Waals surface area contributed by atoms with Crippen LogP contribution in [-0.4, -0.2) is 50.2 Å². The Balaban J connectivity index is 1.37. The molecule has 0 amide bonds. The molecule has 3 aromatic heterocycles. The first-order valence-electron chi connectivity index (χ1n) is 11.5. The number of likely N-dealkylation sites (tertiary alicyclic amines) is 1. The Labute approximate surface area is 187 Å². The van der Waals surface area contributed by atoms with Crippen LogP contribution in [-0.2, 0) is 0 Å². The molecule has 1 aromatic carbocycles. The normalized spacial score (nSPS) is 20.2. The molecule has 6 rings (SSSR count). The summed E-state index contributed by atoms with van der Waals surface area (Å²) in [5, 5.41) is 9.92. The molecule has 0 unspecified atom stereocenters. The third kappa shape index (κ3) is 3.61. The van der Waals surface area contributed by atoms with Gasteiger partial charge in [0.1, 0.15) is 17.0 Å². The van der Waals surface area contributed by atoms with Gasteiger partial charge in [-0.05, 0) is 55.9 Å². The molecule has 1 aliphatic heterocycles. The molecule has 32 heavy (non-hydrogen) atoms. The number of pyridine rings is 2. The van der Waals surface area contributed by atoms with Crippen molar-refractivity contribution in [1.29, 1.82) is 0 Å². The van der Waals surface area contributed by atoms with Crippen molar-refractivity contribution in [2.24, 2.45) is 11.7 Å². The SMILES string of the molecule is C[C@H](c1ccc2nnc(-c3ccc4cccc(OCC5CC5)c4n3)n2c1)N1CC[C@@H](N)C1. The Morgan fingerprint density at radius 1 is 1.09 bits per heavy atom. The minimum absolute atomic E-state index is 0.268. The van der Waals surface area contributed by atoms with Crippen molar-refractivity contribution in [3.63, 3.8) is 0 Å². The number of aromatic nitrogens is 4. The first-order valence-corrected chi connectivity index (χ1v) is 11.5. The van der Waals surface area contributed by atoms with Crippen LogP contribution in [0, 0.1) is 5.92 Å². The summed E-state index contributed by atoms with van der Waals surface area (Å²) in [6.07, 6.45) is 5.72. The number of rotatable bonds is 6. The van der Waals surface area contributed by atoms with E-state index in [9.17, 15) is 0 Å². The molecular weight excluding hydrogens is 400 g/mol. The van der Waals surface area contributed by atoms with Crippen LogP contribution >= 0.6 is 0 Å². The van der Waals surface area contributed by atoms with Gasteiger partial charge in [-0.1, -0.05) is 24.3 Å². The van der Waals surface area contributed by atoms with Crippen molar-refractivity contribution in [3.8, 4) is 17.3 Å². The number of para-hydroxylation sites is 1. The van der Waals surface area contributed by atoms with E-state index in [1.54, 1.807) is 0 Å². The number of hydrogen-bond acceptors (Lipinski definition) is 6. The lowest BCUT2D eigenvalue weighted by Gasteiger charge is -2.24. The highest BCUT2D eigenvalue weighted by Crippen LogP contribution is 2.32. The van der Waals surface area contributed by atoms with Gasteiger partial charge in [0, 0.05) is 36.8 Å². The minimum Gasteiger partial charge on any atom is -0.491 e. The van der Waals surface area contributed by atoms with E-state index >= 15 is 0 Å². The fourth-order valence-corrected chi connectivity index (χ4v) is 4.56. The molecule has 0 radical (unpaired) electrons. The van der Waals surface area contributed by atoms with Crippen LogP contribution in [0.2, 0.25) is 0 Å². The number of benzene rings is 1. The van der Waals surface area contributed by atoms with Gasteiger partial charge >= 0.3 is 0 Å². The Kier molecular flexibility index (Phi) is 4.81. The maximum Gasteiger partial charge on any atom is 0.187 e. The molecule has 4 heterocycles. The number of hydrogen-bond donors (Lipinski definition) is 1. The lowest BCUT2D eigenvalue weighted by molar-refractivity contribution is 0.259. The van der Waals surface area contributed by atoms with E-state index in [0.29, 0.717) is 5.92 Å². The Bertz CT molecular complexity index is 1280. The van der Waals surface area contributed by atoms with Crippen molar-refractivity contribution < 1.29 is 4.74 Å². The van der Waals surface area contributed by atoms with Crippen LogP contribution in [0.1, 0.15) is 37.8 Å². The van der Waals surface area contributed by atoms with Gasteiger partial charge in [-0.2, -0.15) is 0 Å². The standard InChI is InChI=1S/C25H28N6O/c1-16(30-12-11-20(26)14-30)19-8-10-23-28-29-25(31(23)13-19)21-9-7-18-3-2-4-22(24(18)27-21)32-15-17-5-6-17/h2-4,7-10,13,16-17,20H,5-6,11-12,14-15,26H2,1H3/t16-,20-/m1/s1.